The smallest absolute Gasteiger partial charge is 0.271 e. The van der Waals surface area contributed by atoms with Gasteiger partial charge in [0, 0.05) is 12.2 Å². The molecule has 0 aliphatic carbocycles. The second-order valence-electron chi connectivity index (χ2n) is 4.07. The fraction of sp³-hybridized carbons (Fsp3) is 0.231. The minimum atomic E-state index is -0.255. The van der Waals surface area contributed by atoms with E-state index in [1.807, 2.05) is 6.92 Å². The van der Waals surface area contributed by atoms with Gasteiger partial charge in [-0.15, -0.1) is 0 Å². The Labute approximate surface area is 104 Å². The van der Waals surface area contributed by atoms with Crippen LogP contribution in [0.1, 0.15) is 21.7 Å². The molecule has 4 nitrogen and oxygen atoms in total. The second kappa shape index (κ2) is 5.44. The molecule has 0 aliphatic rings. The maximum absolute atomic E-state index is 12.7. The first kappa shape index (κ1) is 12.3. The number of carbonyl (C=O) groups is 1. The first-order chi connectivity index (χ1) is 8.65. The fourth-order valence-electron chi connectivity index (χ4n) is 1.60. The molecule has 0 saturated heterocycles. The van der Waals surface area contributed by atoms with Crippen LogP contribution in [0.5, 0.6) is 0 Å². The number of carbonyl (C=O) groups excluding carboxylic acids is 1. The number of benzene rings is 1. The molecule has 0 fully saturated rings. The molecule has 1 amide bonds. The van der Waals surface area contributed by atoms with Gasteiger partial charge in [0.2, 0.25) is 0 Å². The first-order valence-corrected chi connectivity index (χ1v) is 5.70. The second-order valence-corrected chi connectivity index (χ2v) is 4.07. The van der Waals surface area contributed by atoms with E-state index in [0.29, 0.717) is 18.7 Å². The van der Waals surface area contributed by atoms with Gasteiger partial charge in [-0.3, -0.25) is 9.89 Å². The van der Waals surface area contributed by atoms with Crippen LogP contribution >= 0.6 is 0 Å². The van der Waals surface area contributed by atoms with E-state index in [2.05, 4.69) is 15.5 Å². The highest BCUT2D eigenvalue weighted by atomic mass is 19.1. The molecule has 0 radical (unpaired) electrons. The highest BCUT2D eigenvalue weighted by Gasteiger charge is 2.07. The lowest BCUT2D eigenvalue weighted by Gasteiger charge is -2.03. The zero-order chi connectivity index (χ0) is 13.0. The van der Waals surface area contributed by atoms with Gasteiger partial charge in [0.25, 0.3) is 5.91 Å². The van der Waals surface area contributed by atoms with Crippen LogP contribution in [0.25, 0.3) is 0 Å². The topological polar surface area (TPSA) is 57.8 Å². The van der Waals surface area contributed by atoms with Crippen molar-refractivity contribution in [3.63, 3.8) is 0 Å². The highest BCUT2D eigenvalue weighted by molar-refractivity contribution is 5.92. The Bertz CT molecular complexity index is 533. The van der Waals surface area contributed by atoms with Crippen molar-refractivity contribution in [3.05, 3.63) is 53.1 Å². The van der Waals surface area contributed by atoms with Crippen LogP contribution in [0.2, 0.25) is 0 Å². The number of H-pyrrole nitrogens is 1. The summed E-state index contributed by atoms with van der Waals surface area (Å²) in [6.45, 7) is 2.33. The average molecular weight is 247 g/mol. The quantitative estimate of drug-likeness (QED) is 0.866. The summed E-state index contributed by atoms with van der Waals surface area (Å²) >= 11 is 0. The van der Waals surface area contributed by atoms with Crippen LogP contribution < -0.4 is 5.32 Å². The van der Waals surface area contributed by atoms with Crippen molar-refractivity contribution in [2.24, 2.45) is 0 Å². The minimum absolute atomic E-state index is 0.207. The molecule has 0 bridgehead atoms. The lowest BCUT2D eigenvalue weighted by molar-refractivity contribution is 0.0949. The zero-order valence-corrected chi connectivity index (χ0v) is 10.0. The summed E-state index contributed by atoms with van der Waals surface area (Å²) in [7, 11) is 0. The third-order valence-electron chi connectivity index (χ3n) is 2.55. The Morgan fingerprint density at radius 1 is 1.39 bits per heavy atom. The molecule has 0 saturated carbocycles. The van der Waals surface area contributed by atoms with E-state index in [1.54, 1.807) is 18.2 Å². The molecule has 2 N–H and O–H groups in total. The van der Waals surface area contributed by atoms with E-state index in [-0.39, 0.29) is 11.7 Å². The van der Waals surface area contributed by atoms with E-state index < -0.39 is 0 Å². The first-order valence-electron chi connectivity index (χ1n) is 5.70. The largest absolute Gasteiger partial charge is 0.350 e. The van der Waals surface area contributed by atoms with Crippen LogP contribution in [0.15, 0.2) is 30.3 Å². The molecule has 1 aromatic carbocycles. The standard InChI is InChI=1S/C13H14FN3O/c1-9-8-12(17-16-9)13(18)15-7-6-10-2-4-11(14)5-3-10/h2-5,8H,6-7H2,1H3,(H,15,18)(H,16,17). The number of nitrogens with one attached hydrogen (secondary N) is 2. The summed E-state index contributed by atoms with van der Waals surface area (Å²) in [5.41, 5.74) is 2.21. The zero-order valence-electron chi connectivity index (χ0n) is 10.0. The van der Waals surface area contributed by atoms with Gasteiger partial charge in [-0.2, -0.15) is 5.10 Å². The summed E-state index contributed by atoms with van der Waals surface area (Å²) in [4.78, 5) is 11.6. The van der Waals surface area contributed by atoms with Gasteiger partial charge in [-0.05, 0) is 37.1 Å². The van der Waals surface area contributed by atoms with E-state index in [4.69, 9.17) is 0 Å². The van der Waals surface area contributed by atoms with Gasteiger partial charge in [0.05, 0.1) is 0 Å². The van der Waals surface area contributed by atoms with E-state index in [1.165, 1.54) is 12.1 Å². The van der Waals surface area contributed by atoms with E-state index >= 15 is 0 Å². The molecule has 1 aromatic heterocycles. The van der Waals surface area contributed by atoms with Crippen LogP contribution in [0.3, 0.4) is 0 Å². The lowest BCUT2D eigenvalue weighted by Crippen LogP contribution is -2.26. The molecule has 5 heteroatoms. The molecule has 0 spiro atoms. The third kappa shape index (κ3) is 3.16. The Morgan fingerprint density at radius 3 is 2.72 bits per heavy atom. The van der Waals surface area contributed by atoms with E-state index in [9.17, 15) is 9.18 Å². The number of aromatic amines is 1. The predicted molar refractivity (Wildman–Crippen MR) is 65.8 cm³/mol. The molecule has 0 unspecified atom stereocenters. The molecule has 18 heavy (non-hydrogen) atoms. The Balaban J connectivity index is 1.82. The van der Waals surface area contributed by atoms with Gasteiger partial charge >= 0.3 is 0 Å². The van der Waals surface area contributed by atoms with Crippen molar-refractivity contribution >= 4 is 5.91 Å². The SMILES string of the molecule is Cc1cc(C(=O)NCCc2ccc(F)cc2)n[nH]1. The summed E-state index contributed by atoms with van der Waals surface area (Å²) < 4.78 is 12.7. The van der Waals surface area contributed by atoms with Crippen LogP contribution in [0, 0.1) is 12.7 Å². The maximum Gasteiger partial charge on any atom is 0.271 e. The number of nitrogens with zero attached hydrogens (tertiary/aromatic N) is 1. The summed E-state index contributed by atoms with van der Waals surface area (Å²) in [6.07, 6.45) is 0.662. The van der Waals surface area contributed by atoms with Crippen LogP contribution in [0.4, 0.5) is 4.39 Å². The van der Waals surface area contributed by atoms with Gasteiger partial charge in [0.15, 0.2) is 0 Å². The molecule has 1 heterocycles. The predicted octanol–water partition coefficient (Wildman–Crippen LogP) is 1.83. The minimum Gasteiger partial charge on any atom is -0.350 e. The van der Waals surface area contributed by atoms with Crippen molar-refractivity contribution in [1.82, 2.24) is 15.5 Å². The summed E-state index contributed by atoms with van der Waals surface area (Å²) in [5, 5.41) is 9.34. The Morgan fingerprint density at radius 2 is 2.11 bits per heavy atom. The molecule has 0 aliphatic heterocycles. The van der Waals surface area contributed by atoms with Crippen LogP contribution in [-0.2, 0) is 6.42 Å². The van der Waals surface area contributed by atoms with Crippen molar-refractivity contribution < 1.29 is 9.18 Å². The van der Waals surface area contributed by atoms with Crippen molar-refractivity contribution in [3.8, 4) is 0 Å². The van der Waals surface area contributed by atoms with Crippen molar-refractivity contribution in [2.75, 3.05) is 6.54 Å². The Hall–Kier alpha value is -2.17. The molecular weight excluding hydrogens is 233 g/mol. The highest BCUT2D eigenvalue weighted by Crippen LogP contribution is 2.03. The number of aromatic nitrogens is 2. The van der Waals surface area contributed by atoms with Gasteiger partial charge in [-0.25, -0.2) is 4.39 Å². The number of hydrogen-bond acceptors (Lipinski definition) is 2. The van der Waals surface area contributed by atoms with Gasteiger partial charge in [0.1, 0.15) is 11.5 Å². The van der Waals surface area contributed by atoms with Gasteiger partial charge < -0.3 is 5.32 Å². The van der Waals surface area contributed by atoms with E-state index in [0.717, 1.165) is 11.3 Å². The number of halogens is 1. The lowest BCUT2D eigenvalue weighted by atomic mass is 10.1. The molecular formula is C13H14FN3O. The van der Waals surface area contributed by atoms with Crippen LogP contribution in [-0.4, -0.2) is 22.6 Å². The number of hydrogen-bond donors (Lipinski definition) is 2. The summed E-state index contributed by atoms with van der Waals surface area (Å²) in [5.74, 6) is -0.462. The number of aryl methyl sites for hydroxylation is 1. The monoisotopic (exact) mass is 247 g/mol. The number of amides is 1. The van der Waals surface area contributed by atoms with Crippen molar-refractivity contribution in [2.45, 2.75) is 13.3 Å². The Kier molecular flexibility index (Phi) is 3.72. The van der Waals surface area contributed by atoms with Gasteiger partial charge in [-0.1, -0.05) is 12.1 Å². The number of rotatable bonds is 4. The third-order valence-corrected chi connectivity index (χ3v) is 2.55. The van der Waals surface area contributed by atoms with Crippen molar-refractivity contribution in [1.29, 1.82) is 0 Å². The molecule has 2 rings (SSSR count). The fourth-order valence-corrected chi connectivity index (χ4v) is 1.60. The summed E-state index contributed by atoms with van der Waals surface area (Å²) in [6, 6.07) is 7.93. The average Bonchev–Trinajstić information content (AvgIpc) is 2.78. The molecule has 0 atom stereocenters. The maximum atomic E-state index is 12.7. The normalized spacial score (nSPS) is 10.3. The molecule has 2 aromatic rings. The molecule has 94 valence electrons.